The fourth-order valence-electron chi connectivity index (χ4n) is 3.71. The first-order valence-corrected chi connectivity index (χ1v) is 8.50. The van der Waals surface area contributed by atoms with E-state index in [1.54, 1.807) is 4.90 Å². The molecule has 4 nitrogen and oxygen atoms in total. The second-order valence-electron chi connectivity index (χ2n) is 6.73. The fourth-order valence-corrected chi connectivity index (χ4v) is 3.71. The molecular formula is C20H23NO3. The van der Waals surface area contributed by atoms with Crippen LogP contribution in [0.2, 0.25) is 0 Å². The van der Waals surface area contributed by atoms with Crippen molar-refractivity contribution in [3.8, 4) is 0 Å². The Balaban J connectivity index is 1.73. The number of hydrogen-bond acceptors (Lipinski definition) is 2. The summed E-state index contributed by atoms with van der Waals surface area (Å²) in [6, 6.07) is 14.3. The number of hydrogen-bond donors (Lipinski definition) is 1. The number of carboxylic acids is 1. The highest BCUT2D eigenvalue weighted by Gasteiger charge is 2.32. The van der Waals surface area contributed by atoms with Crippen molar-refractivity contribution in [1.82, 2.24) is 4.90 Å². The van der Waals surface area contributed by atoms with Crippen molar-refractivity contribution in [1.29, 1.82) is 0 Å². The zero-order valence-corrected chi connectivity index (χ0v) is 13.9. The summed E-state index contributed by atoms with van der Waals surface area (Å²) in [4.78, 5) is 25.7. The molecule has 0 saturated heterocycles. The maximum absolute atomic E-state index is 12.7. The second-order valence-corrected chi connectivity index (χ2v) is 6.73. The van der Waals surface area contributed by atoms with Crippen molar-refractivity contribution in [3.05, 3.63) is 48.0 Å². The summed E-state index contributed by atoms with van der Waals surface area (Å²) >= 11 is 0. The van der Waals surface area contributed by atoms with Crippen LogP contribution >= 0.6 is 0 Å². The van der Waals surface area contributed by atoms with E-state index in [0.717, 1.165) is 23.8 Å². The van der Waals surface area contributed by atoms with Crippen LogP contribution in [-0.4, -0.2) is 28.9 Å². The zero-order valence-electron chi connectivity index (χ0n) is 13.9. The molecule has 0 aromatic heterocycles. The van der Waals surface area contributed by atoms with E-state index in [9.17, 15) is 14.7 Å². The summed E-state index contributed by atoms with van der Waals surface area (Å²) in [7, 11) is 1.81. The maximum Gasteiger partial charge on any atom is 0.306 e. The van der Waals surface area contributed by atoms with E-state index in [4.69, 9.17) is 0 Å². The number of carboxylic acid groups (broad SMARTS) is 1. The Hall–Kier alpha value is -2.36. The van der Waals surface area contributed by atoms with Crippen molar-refractivity contribution in [3.63, 3.8) is 0 Å². The summed E-state index contributed by atoms with van der Waals surface area (Å²) in [5, 5.41) is 11.5. The Kier molecular flexibility index (Phi) is 4.84. The Labute approximate surface area is 142 Å². The highest BCUT2D eigenvalue weighted by molar-refractivity contribution is 5.86. The van der Waals surface area contributed by atoms with E-state index >= 15 is 0 Å². The van der Waals surface area contributed by atoms with Crippen molar-refractivity contribution in [2.75, 3.05) is 7.05 Å². The molecule has 2 atom stereocenters. The third-order valence-corrected chi connectivity index (χ3v) is 5.04. The standard InChI is InChI=1S/C20H23NO3/c1-21(19(22)15-8-5-9-16(12-15)20(23)24)13-17-10-4-7-14-6-2-3-11-18(14)17/h2-4,6-7,10-11,15-16H,5,8-9,12-13H2,1H3,(H,23,24). The van der Waals surface area contributed by atoms with E-state index in [-0.39, 0.29) is 17.7 Å². The van der Waals surface area contributed by atoms with Crippen LogP contribution in [0.15, 0.2) is 42.5 Å². The monoisotopic (exact) mass is 325 g/mol. The van der Waals surface area contributed by atoms with Crippen LogP contribution in [0, 0.1) is 11.8 Å². The molecule has 1 N–H and O–H groups in total. The number of carbonyl (C=O) groups excluding carboxylic acids is 1. The second kappa shape index (κ2) is 7.04. The normalized spacial score (nSPS) is 20.7. The van der Waals surface area contributed by atoms with Gasteiger partial charge in [-0.3, -0.25) is 9.59 Å². The minimum atomic E-state index is -0.774. The third kappa shape index (κ3) is 3.42. The predicted molar refractivity (Wildman–Crippen MR) is 93.5 cm³/mol. The van der Waals surface area contributed by atoms with Crippen LogP contribution < -0.4 is 0 Å². The van der Waals surface area contributed by atoms with Gasteiger partial charge in [0.25, 0.3) is 0 Å². The van der Waals surface area contributed by atoms with Crippen molar-refractivity contribution in [2.24, 2.45) is 11.8 Å². The van der Waals surface area contributed by atoms with Crippen molar-refractivity contribution < 1.29 is 14.7 Å². The van der Waals surface area contributed by atoms with Crippen molar-refractivity contribution in [2.45, 2.75) is 32.2 Å². The van der Waals surface area contributed by atoms with E-state index in [1.165, 1.54) is 5.39 Å². The Morgan fingerprint density at radius 3 is 2.58 bits per heavy atom. The number of carbonyl (C=O) groups is 2. The van der Waals surface area contributed by atoms with E-state index in [1.807, 2.05) is 31.3 Å². The van der Waals surface area contributed by atoms with Gasteiger partial charge in [0.2, 0.25) is 5.91 Å². The number of rotatable bonds is 4. The quantitative estimate of drug-likeness (QED) is 0.932. The Morgan fingerprint density at radius 2 is 1.79 bits per heavy atom. The molecule has 1 aliphatic rings. The molecule has 0 bridgehead atoms. The number of nitrogens with zero attached hydrogens (tertiary/aromatic N) is 1. The van der Waals surface area contributed by atoms with E-state index < -0.39 is 5.97 Å². The number of amides is 1. The molecule has 1 saturated carbocycles. The summed E-state index contributed by atoms with van der Waals surface area (Å²) in [5.74, 6) is -1.25. The molecular weight excluding hydrogens is 302 g/mol. The van der Waals surface area contributed by atoms with Gasteiger partial charge in [-0.2, -0.15) is 0 Å². The van der Waals surface area contributed by atoms with Gasteiger partial charge in [0, 0.05) is 19.5 Å². The zero-order chi connectivity index (χ0) is 17.1. The van der Waals surface area contributed by atoms with Gasteiger partial charge in [0.1, 0.15) is 0 Å². The Bertz CT molecular complexity index is 750. The van der Waals surface area contributed by atoms with Crippen LogP contribution in [0.5, 0.6) is 0 Å². The highest BCUT2D eigenvalue weighted by Crippen LogP contribution is 2.31. The first kappa shape index (κ1) is 16.5. The number of fused-ring (bicyclic) bond motifs is 1. The van der Waals surface area contributed by atoms with Crippen LogP contribution in [0.25, 0.3) is 10.8 Å². The lowest BCUT2D eigenvalue weighted by molar-refractivity contribution is -0.145. The minimum Gasteiger partial charge on any atom is -0.481 e. The van der Waals surface area contributed by atoms with Gasteiger partial charge in [0.05, 0.1) is 5.92 Å². The van der Waals surface area contributed by atoms with Gasteiger partial charge < -0.3 is 10.0 Å². The van der Waals surface area contributed by atoms with Gasteiger partial charge in [-0.05, 0) is 35.6 Å². The van der Waals surface area contributed by atoms with Gasteiger partial charge in [-0.15, -0.1) is 0 Å². The molecule has 1 amide bonds. The molecule has 2 unspecified atom stereocenters. The number of aliphatic carboxylic acids is 1. The molecule has 0 aliphatic heterocycles. The van der Waals surface area contributed by atoms with E-state index in [0.29, 0.717) is 19.4 Å². The first-order valence-electron chi connectivity index (χ1n) is 8.50. The fraction of sp³-hybridized carbons (Fsp3) is 0.400. The van der Waals surface area contributed by atoms with Crippen LogP contribution in [0.1, 0.15) is 31.2 Å². The lowest BCUT2D eigenvalue weighted by Gasteiger charge is -2.29. The summed E-state index contributed by atoms with van der Waals surface area (Å²) in [6.45, 7) is 0.550. The summed E-state index contributed by atoms with van der Waals surface area (Å²) < 4.78 is 0. The minimum absolute atomic E-state index is 0.0638. The van der Waals surface area contributed by atoms with Gasteiger partial charge in [-0.25, -0.2) is 0 Å². The molecule has 3 rings (SSSR count). The summed E-state index contributed by atoms with van der Waals surface area (Å²) in [5.41, 5.74) is 1.12. The molecule has 1 aliphatic carbocycles. The van der Waals surface area contributed by atoms with Gasteiger partial charge in [-0.1, -0.05) is 48.9 Å². The van der Waals surface area contributed by atoms with Gasteiger partial charge in [0.15, 0.2) is 0 Å². The average molecular weight is 325 g/mol. The largest absolute Gasteiger partial charge is 0.481 e. The topological polar surface area (TPSA) is 57.6 Å². The predicted octanol–water partition coefficient (Wildman–Crippen LogP) is 3.69. The lowest BCUT2D eigenvalue weighted by atomic mass is 9.81. The first-order chi connectivity index (χ1) is 11.6. The lowest BCUT2D eigenvalue weighted by Crippen LogP contribution is -2.36. The molecule has 0 spiro atoms. The van der Waals surface area contributed by atoms with Crippen LogP contribution in [-0.2, 0) is 16.1 Å². The molecule has 2 aromatic rings. The molecule has 126 valence electrons. The van der Waals surface area contributed by atoms with Crippen LogP contribution in [0.4, 0.5) is 0 Å². The molecule has 1 fully saturated rings. The van der Waals surface area contributed by atoms with Crippen LogP contribution in [0.3, 0.4) is 0 Å². The van der Waals surface area contributed by atoms with Crippen molar-refractivity contribution >= 4 is 22.6 Å². The Morgan fingerprint density at radius 1 is 1.08 bits per heavy atom. The maximum atomic E-state index is 12.7. The molecule has 0 heterocycles. The summed E-state index contributed by atoms with van der Waals surface area (Å²) in [6.07, 6.45) is 2.76. The molecule has 4 heteroatoms. The molecule has 24 heavy (non-hydrogen) atoms. The third-order valence-electron chi connectivity index (χ3n) is 5.04. The van der Waals surface area contributed by atoms with E-state index in [2.05, 4.69) is 18.2 Å². The molecule has 0 radical (unpaired) electrons. The SMILES string of the molecule is CN(Cc1cccc2ccccc12)C(=O)C1CCCC(C(=O)O)C1. The number of benzene rings is 2. The highest BCUT2D eigenvalue weighted by atomic mass is 16.4. The molecule has 2 aromatic carbocycles. The van der Waals surface area contributed by atoms with Gasteiger partial charge >= 0.3 is 5.97 Å². The average Bonchev–Trinajstić information content (AvgIpc) is 2.61. The smallest absolute Gasteiger partial charge is 0.306 e.